The topological polar surface area (TPSA) is 67.2 Å². The predicted octanol–water partition coefficient (Wildman–Crippen LogP) is 5.17. The lowest BCUT2D eigenvalue weighted by molar-refractivity contribution is 0.415. The zero-order valence-electron chi connectivity index (χ0n) is 13.4. The third kappa shape index (κ3) is 3.41. The first-order chi connectivity index (χ1) is 12.0. The fraction of sp³-hybridized carbons (Fsp3) is 0.111. The van der Waals surface area contributed by atoms with Crippen LogP contribution in [0.3, 0.4) is 0 Å². The van der Waals surface area contributed by atoms with Crippen LogP contribution in [0.2, 0.25) is 10.0 Å². The minimum atomic E-state index is 0.380. The Hall–Kier alpha value is -2.68. The van der Waals surface area contributed by atoms with Gasteiger partial charge in [0.05, 0.1) is 41.0 Å². The van der Waals surface area contributed by atoms with Crippen molar-refractivity contribution in [3.05, 3.63) is 52.0 Å². The molecule has 0 aliphatic heterocycles. The van der Waals surface area contributed by atoms with Gasteiger partial charge in [-0.1, -0.05) is 23.2 Å². The van der Waals surface area contributed by atoms with Gasteiger partial charge in [-0.05, 0) is 30.3 Å². The van der Waals surface area contributed by atoms with Crippen molar-refractivity contribution in [2.75, 3.05) is 19.5 Å². The van der Waals surface area contributed by atoms with Crippen LogP contribution in [0.15, 0.2) is 36.4 Å². The molecule has 0 amide bonds. The number of hydrogen-bond donors (Lipinski definition) is 1. The number of ether oxygens (including phenoxy) is 2. The molecule has 0 spiro atoms. The number of anilines is 2. The van der Waals surface area contributed by atoms with Crippen molar-refractivity contribution in [3.8, 4) is 17.6 Å². The molecule has 0 radical (unpaired) electrons. The molecule has 0 unspecified atom stereocenters. The monoisotopic (exact) mass is 373 g/mol. The van der Waals surface area contributed by atoms with Crippen molar-refractivity contribution in [3.63, 3.8) is 0 Å². The first-order valence-corrected chi connectivity index (χ1v) is 8.00. The minimum Gasteiger partial charge on any atom is -0.497 e. The number of nitrogens with one attached hydrogen (secondary N) is 1. The summed E-state index contributed by atoms with van der Waals surface area (Å²) in [6, 6.07) is 12.6. The molecule has 1 heterocycles. The van der Waals surface area contributed by atoms with Crippen LogP contribution in [0.25, 0.3) is 10.9 Å². The molecule has 0 atom stereocenters. The molecule has 126 valence electrons. The SMILES string of the molecule is COc1ccc2nc(Nc3cc(OC)c(Cl)cc3Cl)c(C#N)cc2c1. The third-order valence-electron chi connectivity index (χ3n) is 3.64. The predicted molar refractivity (Wildman–Crippen MR) is 99.3 cm³/mol. The van der Waals surface area contributed by atoms with Crippen molar-refractivity contribution in [1.82, 2.24) is 4.98 Å². The Balaban J connectivity index is 2.08. The molecule has 25 heavy (non-hydrogen) atoms. The van der Waals surface area contributed by atoms with Crippen LogP contribution in [-0.2, 0) is 0 Å². The van der Waals surface area contributed by atoms with Crippen LogP contribution in [-0.4, -0.2) is 19.2 Å². The van der Waals surface area contributed by atoms with Crippen LogP contribution < -0.4 is 14.8 Å². The maximum absolute atomic E-state index is 9.46. The van der Waals surface area contributed by atoms with Crippen molar-refractivity contribution in [2.45, 2.75) is 0 Å². The van der Waals surface area contributed by atoms with Gasteiger partial charge in [0.1, 0.15) is 23.4 Å². The number of methoxy groups -OCH3 is 2. The maximum Gasteiger partial charge on any atom is 0.149 e. The summed E-state index contributed by atoms with van der Waals surface area (Å²) < 4.78 is 10.4. The summed E-state index contributed by atoms with van der Waals surface area (Å²) in [5, 5.41) is 14.1. The van der Waals surface area contributed by atoms with Gasteiger partial charge in [0.15, 0.2) is 0 Å². The molecule has 1 N–H and O–H groups in total. The third-order valence-corrected chi connectivity index (χ3v) is 4.24. The van der Waals surface area contributed by atoms with E-state index in [9.17, 15) is 5.26 Å². The lowest BCUT2D eigenvalue weighted by Crippen LogP contribution is -1.99. The Kier molecular flexibility index (Phi) is 4.84. The number of nitriles is 1. The van der Waals surface area contributed by atoms with Crippen LogP contribution in [0, 0.1) is 11.3 Å². The van der Waals surface area contributed by atoms with E-state index >= 15 is 0 Å². The number of benzene rings is 2. The number of fused-ring (bicyclic) bond motifs is 1. The summed E-state index contributed by atoms with van der Waals surface area (Å²) in [7, 11) is 3.10. The Bertz CT molecular complexity index is 1000. The minimum absolute atomic E-state index is 0.380. The van der Waals surface area contributed by atoms with Gasteiger partial charge in [0.2, 0.25) is 0 Å². The van der Waals surface area contributed by atoms with E-state index in [0.717, 1.165) is 10.9 Å². The Labute approximate surface area is 154 Å². The number of pyridine rings is 1. The summed E-state index contributed by atoms with van der Waals surface area (Å²) in [4.78, 5) is 4.51. The molecule has 0 saturated carbocycles. The zero-order valence-corrected chi connectivity index (χ0v) is 14.9. The Morgan fingerprint density at radius 1 is 1.04 bits per heavy atom. The number of halogens is 2. The quantitative estimate of drug-likeness (QED) is 0.682. The van der Waals surface area contributed by atoms with E-state index in [-0.39, 0.29) is 0 Å². The molecule has 7 heteroatoms. The molecule has 0 bridgehead atoms. The van der Waals surface area contributed by atoms with E-state index < -0.39 is 0 Å². The molecule has 0 aliphatic rings. The van der Waals surface area contributed by atoms with E-state index in [1.165, 1.54) is 7.11 Å². The van der Waals surface area contributed by atoms with Gasteiger partial charge in [0, 0.05) is 11.5 Å². The smallest absolute Gasteiger partial charge is 0.149 e. The van der Waals surface area contributed by atoms with Crippen LogP contribution >= 0.6 is 23.2 Å². The normalized spacial score (nSPS) is 10.4. The fourth-order valence-corrected chi connectivity index (χ4v) is 2.88. The van der Waals surface area contributed by atoms with Crippen molar-refractivity contribution in [2.24, 2.45) is 0 Å². The molecular formula is C18H13Cl2N3O2. The molecule has 1 aromatic heterocycles. The summed E-state index contributed by atoms with van der Waals surface area (Å²) in [6.07, 6.45) is 0. The average Bonchev–Trinajstić information content (AvgIpc) is 2.62. The summed E-state index contributed by atoms with van der Waals surface area (Å²) in [5.74, 6) is 1.56. The highest BCUT2D eigenvalue weighted by atomic mass is 35.5. The van der Waals surface area contributed by atoms with E-state index in [2.05, 4.69) is 16.4 Å². The number of rotatable bonds is 4. The second-order valence-corrected chi connectivity index (χ2v) is 5.96. The van der Waals surface area contributed by atoms with Gasteiger partial charge in [0.25, 0.3) is 0 Å². The molecule has 0 aliphatic carbocycles. The molecule has 0 fully saturated rings. The maximum atomic E-state index is 9.46. The lowest BCUT2D eigenvalue weighted by atomic mass is 10.1. The summed E-state index contributed by atoms with van der Waals surface area (Å²) in [5.41, 5.74) is 1.64. The largest absolute Gasteiger partial charge is 0.497 e. The Morgan fingerprint density at radius 3 is 2.52 bits per heavy atom. The average molecular weight is 374 g/mol. The second kappa shape index (κ2) is 7.06. The summed E-state index contributed by atoms with van der Waals surface area (Å²) >= 11 is 12.3. The van der Waals surface area contributed by atoms with E-state index in [4.69, 9.17) is 32.7 Å². The molecule has 5 nitrogen and oxygen atoms in total. The zero-order chi connectivity index (χ0) is 18.0. The highest BCUT2D eigenvalue weighted by Crippen LogP contribution is 2.36. The van der Waals surface area contributed by atoms with Gasteiger partial charge in [-0.25, -0.2) is 4.98 Å². The highest BCUT2D eigenvalue weighted by molar-refractivity contribution is 6.37. The second-order valence-electron chi connectivity index (χ2n) is 5.15. The van der Waals surface area contributed by atoms with Crippen molar-refractivity contribution >= 4 is 45.6 Å². The number of aromatic nitrogens is 1. The van der Waals surface area contributed by atoms with Gasteiger partial charge >= 0.3 is 0 Å². The summed E-state index contributed by atoms with van der Waals surface area (Å²) in [6.45, 7) is 0. The van der Waals surface area contributed by atoms with E-state index in [1.807, 2.05) is 18.2 Å². The molecule has 2 aromatic carbocycles. The Morgan fingerprint density at radius 2 is 1.84 bits per heavy atom. The molecule has 3 aromatic rings. The van der Waals surface area contributed by atoms with Crippen molar-refractivity contribution in [1.29, 1.82) is 5.26 Å². The van der Waals surface area contributed by atoms with Crippen LogP contribution in [0.1, 0.15) is 5.56 Å². The van der Waals surface area contributed by atoms with E-state index in [1.54, 1.807) is 25.3 Å². The molecule has 3 rings (SSSR count). The van der Waals surface area contributed by atoms with Gasteiger partial charge in [-0.3, -0.25) is 0 Å². The van der Waals surface area contributed by atoms with Crippen molar-refractivity contribution < 1.29 is 9.47 Å². The first-order valence-electron chi connectivity index (χ1n) is 7.24. The highest BCUT2D eigenvalue weighted by Gasteiger charge is 2.12. The lowest BCUT2D eigenvalue weighted by Gasteiger charge is -2.13. The number of nitrogens with zero attached hydrogens (tertiary/aromatic N) is 2. The first kappa shape index (κ1) is 17.2. The van der Waals surface area contributed by atoms with E-state index in [0.29, 0.717) is 38.6 Å². The van der Waals surface area contributed by atoms with Gasteiger partial charge < -0.3 is 14.8 Å². The standard InChI is InChI=1S/C18H13Cl2N3O2/c1-24-12-3-4-15-10(6-12)5-11(9-21)18(22-15)23-16-8-17(25-2)14(20)7-13(16)19/h3-8H,1-2H3,(H,22,23). The molecular weight excluding hydrogens is 361 g/mol. The van der Waals surface area contributed by atoms with Crippen LogP contribution in [0.5, 0.6) is 11.5 Å². The fourth-order valence-electron chi connectivity index (χ4n) is 2.37. The van der Waals surface area contributed by atoms with Crippen LogP contribution in [0.4, 0.5) is 11.5 Å². The van der Waals surface area contributed by atoms with Gasteiger partial charge in [-0.2, -0.15) is 5.26 Å². The number of hydrogen-bond acceptors (Lipinski definition) is 5. The molecule has 0 saturated heterocycles. The van der Waals surface area contributed by atoms with Gasteiger partial charge in [-0.15, -0.1) is 0 Å².